The first-order chi connectivity index (χ1) is 8.15. The van der Waals surface area contributed by atoms with Crippen molar-refractivity contribution in [1.82, 2.24) is 0 Å². The van der Waals surface area contributed by atoms with E-state index in [1.165, 1.54) is 18.2 Å². The fourth-order valence-electron chi connectivity index (χ4n) is 1.09. The van der Waals surface area contributed by atoms with Gasteiger partial charge in [0.15, 0.2) is 0 Å². The smallest absolute Gasteiger partial charge is 0.297 e. The van der Waals surface area contributed by atoms with Crippen LogP contribution in [0.4, 0.5) is 5.69 Å². The number of nitrogen functional groups attached to an aromatic ring is 1. The van der Waals surface area contributed by atoms with Crippen LogP contribution in [0.5, 0.6) is 0 Å². The van der Waals surface area contributed by atoms with E-state index in [1.54, 1.807) is 0 Å². The Morgan fingerprint density at radius 2 is 2.00 bits per heavy atom. The van der Waals surface area contributed by atoms with Crippen molar-refractivity contribution in [2.75, 3.05) is 12.0 Å². The van der Waals surface area contributed by atoms with Crippen molar-refractivity contribution in [3.63, 3.8) is 0 Å². The summed E-state index contributed by atoms with van der Waals surface area (Å²) in [6.45, 7) is 5.76. The van der Waals surface area contributed by atoms with Gasteiger partial charge in [-0.05, 0) is 23.6 Å². The van der Waals surface area contributed by atoms with Crippen LogP contribution in [-0.2, 0) is 14.3 Å². The Kier molecular flexibility index (Phi) is 4.61. The molecule has 18 heavy (non-hydrogen) atoms. The van der Waals surface area contributed by atoms with Gasteiger partial charge in [-0.25, -0.2) is 0 Å². The SMILES string of the molecule is CC(C)(C)COS(=O)(=O)c1ccc(Cl)c(NN)c1. The zero-order valence-corrected chi connectivity index (χ0v) is 12.1. The average molecular weight is 293 g/mol. The molecule has 0 aliphatic heterocycles. The third-order valence-electron chi connectivity index (χ3n) is 2.03. The quantitative estimate of drug-likeness (QED) is 0.506. The van der Waals surface area contributed by atoms with Crippen LogP contribution in [0.1, 0.15) is 20.8 Å². The molecular formula is C11H17ClN2O3S. The van der Waals surface area contributed by atoms with Crippen LogP contribution in [0, 0.1) is 5.41 Å². The highest BCUT2D eigenvalue weighted by Crippen LogP contribution is 2.26. The Morgan fingerprint density at radius 1 is 1.39 bits per heavy atom. The first kappa shape index (κ1) is 15.2. The van der Waals surface area contributed by atoms with Crippen molar-refractivity contribution >= 4 is 27.4 Å². The zero-order valence-electron chi connectivity index (χ0n) is 10.5. The summed E-state index contributed by atoms with van der Waals surface area (Å²) < 4.78 is 28.8. The lowest BCUT2D eigenvalue weighted by Crippen LogP contribution is -2.19. The van der Waals surface area contributed by atoms with Gasteiger partial charge in [0.05, 0.1) is 22.2 Å². The van der Waals surface area contributed by atoms with Crippen LogP contribution >= 0.6 is 11.6 Å². The summed E-state index contributed by atoms with van der Waals surface area (Å²) >= 11 is 5.82. The van der Waals surface area contributed by atoms with Gasteiger partial charge >= 0.3 is 0 Å². The lowest BCUT2D eigenvalue weighted by atomic mass is 9.99. The molecule has 0 aliphatic carbocycles. The number of hydrogen-bond donors (Lipinski definition) is 2. The standard InChI is InChI=1S/C11H17ClN2O3S/c1-11(2,3)7-17-18(15,16)8-4-5-9(12)10(6-8)14-13/h4-6,14H,7,13H2,1-3H3. The lowest BCUT2D eigenvalue weighted by Gasteiger charge is -2.17. The minimum absolute atomic E-state index is 0.0177. The van der Waals surface area contributed by atoms with Crippen LogP contribution in [-0.4, -0.2) is 15.0 Å². The monoisotopic (exact) mass is 292 g/mol. The van der Waals surface area contributed by atoms with E-state index in [1.807, 2.05) is 20.8 Å². The van der Waals surface area contributed by atoms with Gasteiger partial charge in [0.1, 0.15) is 0 Å². The van der Waals surface area contributed by atoms with E-state index in [9.17, 15) is 8.42 Å². The molecule has 1 aromatic carbocycles. The molecule has 1 aromatic rings. The van der Waals surface area contributed by atoms with Gasteiger partial charge < -0.3 is 5.43 Å². The first-order valence-electron chi connectivity index (χ1n) is 5.31. The minimum atomic E-state index is -3.80. The maximum absolute atomic E-state index is 11.9. The predicted molar refractivity (Wildman–Crippen MR) is 71.9 cm³/mol. The van der Waals surface area contributed by atoms with E-state index in [2.05, 4.69) is 5.43 Å². The number of benzene rings is 1. The summed E-state index contributed by atoms with van der Waals surface area (Å²) in [7, 11) is -3.80. The molecular weight excluding hydrogens is 276 g/mol. The fraction of sp³-hybridized carbons (Fsp3) is 0.455. The summed E-state index contributed by atoms with van der Waals surface area (Å²) in [6, 6.07) is 4.16. The van der Waals surface area contributed by atoms with Crippen molar-refractivity contribution in [2.45, 2.75) is 25.7 Å². The van der Waals surface area contributed by atoms with Crippen LogP contribution in [0.2, 0.25) is 5.02 Å². The highest BCUT2D eigenvalue weighted by molar-refractivity contribution is 7.86. The molecule has 0 atom stereocenters. The molecule has 0 saturated carbocycles. The Labute approximate surface area is 112 Å². The lowest BCUT2D eigenvalue weighted by molar-refractivity contribution is 0.203. The number of halogens is 1. The maximum atomic E-state index is 11.9. The molecule has 1 rings (SSSR count). The second kappa shape index (κ2) is 5.44. The zero-order chi connectivity index (χ0) is 14.0. The maximum Gasteiger partial charge on any atom is 0.297 e. The third-order valence-corrected chi connectivity index (χ3v) is 3.62. The second-order valence-corrected chi connectivity index (χ2v) is 7.09. The fourth-order valence-corrected chi connectivity index (χ4v) is 2.41. The molecule has 0 amide bonds. The molecule has 0 fully saturated rings. The summed E-state index contributed by atoms with van der Waals surface area (Å²) in [5.41, 5.74) is 2.42. The van der Waals surface area contributed by atoms with Gasteiger partial charge in [-0.2, -0.15) is 8.42 Å². The molecule has 3 N–H and O–H groups in total. The molecule has 0 spiro atoms. The molecule has 0 aliphatic rings. The van der Waals surface area contributed by atoms with Crippen molar-refractivity contribution in [2.24, 2.45) is 11.3 Å². The van der Waals surface area contributed by atoms with Gasteiger partial charge in [-0.15, -0.1) is 0 Å². The highest BCUT2D eigenvalue weighted by atomic mass is 35.5. The minimum Gasteiger partial charge on any atom is -0.323 e. The van der Waals surface area contributed by atoms with E-state index < -0.39 is 10.1 Å². The Bertz CT molecular complexity index is 524. The van der Waals surface area contributed by atoms with Crippen molar-refractivity contribution in [3.05, 3.63) is 23.2 Å². The molecule has 7 heteroatoms. The predicted octanol–water partition coefficient (Wildman–Crippen LogP) is 2.38. The summed E-state index contributed by atoms with van der Waals surface area (Å²) in [5, 5.41) is 0.340. The van der Waals surface area contributed by atoms with E-state index in [-0.39, 0.29) is 16.9 Å². The molecule has 0 aromatic heterocycles. The van der Waals surface area contributed by atoms with Crippen LogP contribution < -0.4 is 11.3 Å². The number of nitrogens with one attached hydrogen (secondary N) is 1. The second-order valence-electron chi connectivity index (χ2n) is 5.06. The number of anilines is 1. The summed E-state index contributed by atoms with van der Waals surface area (Å²) in [5.74, 6) is 5.24. The Morgan fingerprint density at radius 3 is 2.50 bits per heavy atom. The van der Waals surface area contributed by atoms with E-state index in [0.29, 0.717) is 10.7 Å². The Balaban J connectivity index is 2.99. The molecule has 0 radical (unpaired) electrons. The number of rotatable bonds is 4. The number of hydrazine groups is 1. The van der Waals surface area contributed by atoms with Gasteiger partial charge in [0, 0.05) is 0 Å². The summed E-state index contributed by atoms with van der Waals surface area (Å²) in [6.07, 6.45) is 0. The molecule has 5 nitrogen and oxygen atoms in total. The van der Waals surface area contributed by atoms with Crippen LogP contribution in [0.25, 0.3) is 0 Å². The van der Waals surface area contributed by atoms with E-state index >= 15 is 0 Å². The van der Waals surface area contributed by atoms with Crippen LogP contribution in [0.3, 0.4) is 0 Å². The number of hydrogen-bond acceptors (Lipinski definition) is 5. The highest BCUT2D eigenvalue weighted by Gasteiger charge is 2.20. The van der Waals surface area contributed by atoms with Gasteiger partial charge in [0.2, 0.25) is 0 Å². The molecule has 0 bridgehead atoms. The topological polar surface area (TPSA) is 81.4 Å². The largest absolute Gasteiger partial charge is 0.323 e. The molecule has 0 saturated heterocycles. The van der Waals surface area contributed by atoms with Crippen molar-refractivity contribution < 1.29 is 12.6 Å². The molecule has 0 unspecified atom stereocenters. The molecule has 0 heterocycles. The molecule has 102 valence electrons. The van der Waals surface area contributed by atoms with Crippen LogP contribution in [0.15, 0.2) is 23.1 Å². The van der Waals surface area contributed by atoms with E-state index in [0.717, 1.165) is 0 Å². The van der Waals surface area contributed by atoms with E-state index in [4.69, 9.17) is 21.6 Å². The van der Waals surface area contributed by atoms with Crippen molar-refractivity contribution in [3.8, 4) is 0 Å². The normalized spacial score (nSPS) is 12.5. The number of nitrogens with two attached hydrogens (primary N) is 1. The first-order valence-corrected chi connectivity index (χ1v) is 7.10. The van der Waals surface area contributed by atoms with Gasteiger partial charge in [0.25, 0.3) is 10.1 Å². The van der Waals surface area contributed by atoms with Gasteiger partial charge in [-0.1, -0.05) is 32.4 Å². The third kappa shape index (κ3) is 4.13. The summed E-state index contributed by atoms with van der Waals surface area (Å²) in [4.78, 5) is 0.0177. The average Bonchev–Trinajstić information content (AvgIpc) is 2.26. The van der Waals surface area contributed by atoms with Gasteiger partial charge in [-0.3, -0.25) is 10.0 Å². The van der Waals surface area contributed by atoms with Crippen molar-refractivity contribution in [1.29, 1.82) is 0 Å². The Hall–Kier alpha value is -0.820.